The van der Waals surface area contributed by atoms with Crippen LogP contribution in [-0.2, 0) is 9.59 Å². The fourth-order valence-corrected chi connectivity index (χ4v) is 1.61. The standard InChI is InChI=1S/C12H16N2O2/c1-8-6-4-5-7-11(8)14(10(3)15)9(2)12(13)16/h4-7,9H,1-3H3,(H2,13,16). The summed E-state index contributed by atoms with van der Waals surface area (Å²) in [6.45, 7) is 4.93. The van der Waals surface area contributed by atoms with Crippen LogP contribution >= 0.6 is 0 Å². The van der Waals surface area contributed by atoms with Gasteiger partial charge < -0.3 is 10.6 Å². The maximum Gasteiger partial charge on any atom is 0.240 e. The van der Waals surface area contributed by atoms with Gasteiger partial charge in [0.25, 0.3) is 0 Å². The number of rotatable bonds is 3. The quantitative estimate of drug-likeness (QED) is 0.832. The van der Waals surface area contributed by atoms with E-state index in [1.165, 1.54) is 11.8 Å². The summed E-state index contributed by atoms with van der Waals surface area (Å²) >= 11 is 0. The normalized spacial score (nSPS) is 11.9. The summed E-state index contributed by atoms with van der Waals surface area (Å²) in [5.41, 5.74) is 6.89. The van der Waals surface area contributed by atoms with E-state index in [9.17, 15) is 9.59 Å². The lowest BCUT2D eigenvalue weighted by Crippen LogP contribution is -2.45. The van der Waals surface area contributed by atoms with Crippen LogP contribution in [0, 0.1) is 6.92 Å². The third-order valence-electron chi connectivity index (χ3n) is 2.51. The molecule has 1 unspecified atom stereocenters. The van der Waals surface area contributed by atoms with Gasteiger partial charge in [0.05, 0.1) is 0 Å². The van der Waals surface area contributed by atoms with Crippen LogP contribution in [0.4, 0.5) is 5.69 Å². The van der Waals surface area contributed by atoms with Crippen molar-refractivity contribution in [2.45, 2.75) is 26.8 Å². The summed E-state index contributed by atoms with van der Waals surface area (Å²) in [6.07, 6.45) is 0. The molecular weight excluding hydrogens is 204 g/mol. The minimum absolute atomic E-state index is 0.194. The fourth-order valence-electron chi connectivity index (χ4n) is 1.61. The molecule has 86 valence electrons. The summed E-state index contributed by atoms with van der Waals surface area (Å²) in [6, 6.07) is 6.76. The van der Waals surface area contributed by atoms with Gasteiger partial charge in [-0.15, -0.1) is 0 Å². The van der Waals surface area contributed by atoms with Crippen LogP contribution in [0.1, 0.15) is 19.4 Å². The van der Waals surface area contributed by atoms with Gasteiger partial charge in [0.15, 0.2) is 0 Å². The summed E-state index contributed by atoms with van der Waals surface area (Å²) in [5, 5.41) is 0. The highest BCUT2D eigenvalue weighted by Crippen LogP contribution is 2.21. The van der Waals surface area contributed by atoms with Gasteiger partial charge in [-0.1, -0.05) is 18.2 Å². The highest BCUT2D eigenvalue weighted by atomic mass is 16.2. The number of benzene rings is 1. The Morgan fingerprint density at radius 2 is 1.88 bits per heavy atom. The Hall–Kier alpha value is -1.84. The summed E-state index contributed by atoms with van der Waals surface area (Å²) in [5.74, 6) is -0.709. The second-order valence-electron chi connectivity index (χ2n) is 3.75. The molecule has 0 saturated heterocycles. The molecule has 0 spiro atoms. The lowest BCUT2D eigenvalue weighted by atomic mass is 10.1. The van der Waals surface area contributed by atoms with Gasteiger partial charge in [0, 0.05) is 12.6 Å². The number of hydrogen-bond donors (Lipinski definition) is 1. The molecule has 1 rings (SSSR count). The smallest absolute Gasteiger partial charge is 0.240 e. The number of anilines is 1. The molecule has 0 aliphatic rings. The van der Waals surface area contributed by atoms with Crippen molar-refractivity contribution < 1.29 is 9.59 Å². The van der Waals surface area contributed by atoms with E-state index in [0.29, 0.717) is 0 Å². The summed E-state index contributed by atoms with van der Waals surface area (Å²) < 4.78 is 0. The van der Waals surface area contributed by atoms with Crippen molar-refractivity contribution in [2.75, 3.05) is 4.90 Å². The molecule has 0 aliphatic heterocycles. The molecule has 16 heavy (non-hydrogen) atoms. The van der Waals surface area contributed by atoms with Crippen LogP contribution in [0.25, 0.3) is 0 Å². The minimum Gasteiger partial charge on any atom is -0.368 e. The van der Waals surface area contributed by atoms with E-state index in [0.717, 1.165) is 11.3 Å². The monoisotopic (exact) mass is 220 g/mol. The zero-order chi connectivity index (χ0) is 12.3. The molecule has 1 atom stereocenters. The maximum atomic E-state index is 11.6. The van der Waals surface area contributed by atoms with Crippen LogP contribution in [0.2, 0.25) is 0 Å². The molecule has 0 radical (unpaired) electrons. The zero-order valence-electron chi connectivity index (χ0n) is 9.73. The Kier molecular flexibility index (Phi) is 3.66. The average Bonchev–Trinajstić information content (AvgIpc) is 2.20. The van der Waals surface area contributed by atoms with E-state index in [-0.39, 0.29) is 5.91 Å². The SMILES string of the molecule is CC(=O)N(c1ccccc1C)C(C)C(N)=O. The van der Waals surface area contributed by atoms with Crippen molar-refractivity contribution in [3.8, 4) is 0 Å². The van der Waals surface area contributed by atoms with Crippen molar-refractivity contribution in [1.29, 1.82) is 0 Å². The fraction of sp³-hybridized carbons (Fsp3) is 0.333. The molecule has 2 N–H and O–H groups in total. The van der Waals surface area contributed by atoms with Gasteiger partial charge in [-0.05, 0) is 25.5 Å². The average molecular weight is 220 g/mol. The molecule has 0 saturated carbocycles. The first-order valence-corrected chi connectivity index (χ1v) is 5.10. The number of para-hydroxylation sites is 1. The number of amides is 2. The molecule has 4 heteroatoms. The highest BCUT2D eigenvalue weighted by molar-refractivity contribution is 5.99. The lowest BCUT2D eigenvalue weighted by Gasteiger charge is -2.27. The molecule has 0 fully saturated rings. The van der Waals surface area contributed by atoms with Gasteiger partial charge in [0.2, 0.25) is 11.8 Å². The first kappa shape index (κ1) is 12.2. The number of aryl methyl sites for hydroxylation is 1. The summed E-state index contributed by atoms with van der Waals surface area (Å²) in [4.78, 5) is 24.1. The van der Waals surface area contributed by atoms with Crippen molar-refractivity contribution in [3.05, 3.63) is 29.8 Å². The number of carbonyl (C=O) groups excluding carboxylic acids is 2. The van der Waals surface area contributed by atoms with Crippen molar-refractivity contribution in [2.24, 2.45) is 5.73 Å². The van der Waals surface area contributed by atoms with E-state index in [1.54, 1.807) is 13.0 Å². The number of carbonyl (C=O) groups is 2. The predicted molar refractivity (Wildman–Crippen MR) is 63.0 cm³/mol. The number of nitrogens with two attached hydrogens (primary N) is 1. The molecule has 1 aromatic carbocycles. The van der Waals surface area contributed by atoms with Crippen LogP contribution < -0.4 is 10.6 Å². The van der Waals surface area contributed by atoms with Crippen LogP contribution in [0.5, 0.6) is 0 Å². The Labute approximate surface area is 95.0 Å². The number of hydrogen-bond acceptors (Lipinski definition) is 2. The Balaban J connectivity index is 3.18. The van der Waals surface area contributed by atoms with Gasteiger partial charge in [-0.3, -0.25) is 9.59 Å². The molecule has 0 bridgehead atoms. The third kappa shape index (κ3) is 2.39. The summed E-state index contributed by atoms with van der Waals surface area (Å²) in [7, 11) is 0. The van der Waals surface area contributed by atoms with Gasteiger partial charge >= 0.3 is 0 Å². The van der Waals surface area contributed by atoms with Crippen LogP contribution in [0.3, 0.4) is 0 Å². The topological polar surface area (TPSA) is 63.4 Å². The van der Waals surface area contributed by atoms with E-state index < -0.39 is 11.9 Å². The third-order valence-corrected chi connectivity index (χ3v) is 2.51. The molecule has 0 aliphatic carbocycles. The number of primary amides is 1. The largest absolute Gasteiger partial charge is 0.368 e. The van der Waals surface area contributed by atoms with E-state index in [1.807, 2.05) is 25.1 Å². The van der Waals surface area contributed by atoms with Crippen molar-refractivity contribution >= 4 is 17.5 Å². The lowest BCUT2D eigenvalue weighted by molar-refractivity contribution is -0.123. The second-order valence-corrected chi connectivity index (χ2v) is 3.75. The minimum atomic E-state index is -0.640. The van der Waals surface area contributed by atoms with Crippen LogP contribution in [0.15, 0.2) is 24.3 Å². The van der Waals surface area contributed by atoms with Gasteiger partial charge in [0.1, 0.15) is 6.04 Å². The molecule has 1 aromatic rings. The number of nitrogens with zero attached hydrogens (tertiary/aromatic N) is 1. The molecule has 0 aromatic heterocycles. The Bertz CT molecular complexity index is 415. The van der Waals surface area contributed by atoms with E-state index >= 15 is 0 Å². The molecule has 2 amide bonds. The van der Waals surface area contributed by atoms with Crippen molar-refractivity contribution in [3.63, 3.8) is 0 Å². The maximum absolute atomic E-state index is 11.6. The predicted octanol–water partition coefficient (Wildman–Crippen LogP) is 1.22. The van der Waals surface area contributed by atoms with Gasteiger partial charge in [-0.25, -0.2) is 0 Å². The Morgan fingerprint density at radius 3 is 2.31 bits per heavy atom. The molecule has 4 nitrogen and oxygen atoms in total. The second kappa shape index (κ2) is 4.79. The molecule has 0 heterocycles. The van der Waals surface area contributed by atoms with E-state index in [2.05, 4.69) is 0 Å². The first-order valence-electron chi connectivity index (χ1n) is 5.10. The Morgan fingerprint density at radius 1 is 1.31 bits per heavy atom. The highest BCUT2D eigenvalue weighted by Gasteiger charge is 2.23. The van der Waals surface area contributed by atoms with Gasteiger partial charge in [-0.2, -0.15) is 0 Å². The van der Waals surface area contributed by atoms with Crippen LogP contribution in [-0.4, -0.2) is 17.9 Å². The zero-order valence-corrected chi connectivity index (χ0v) is 9.73. The van der Waals surface area contributed by atoms with E-state index in [4.69, 9.17) is 5.73 Å². The first-order chi connectivity index (χ1) is 7.45. The van der Waals surface area contributed by atoms with Crippen molar-refractivity contribution in [1.82, 2.24) is 0 Å². The molecular formula is C12H16N2O2.